The van der Waals surface area contributed by atoms with E-state index in [1.54, 1.807) is 6.26 Å². The molecule has 1 N–H and O–H groups in total. The summed E-state index contributed by atoms with van der Waals surface area (Å²) in [6.07, 6.45) is 6.63. The summed E-state index contributed by atoms with van der Waals surface area (Å²) in [5.41, 5.74) is 0.357. The van der Waals surface area contributed by atoms with Crippen molar-refractivity contribution >= 4 is 17.4 Å². The van der Waals surface area contributed by atoms with E-state index in [4.69, 9.17) is 6.42 Å². The van der Waals surface area contributed by atoms with Crippen LogP contribution in [-0.4, -0.2) is 12.8 Å². The van der Waals surface area contributed by atoms with Crippen LogP contribution in [0.15, 0.2) is 17.0 Å². The van der Waals surface area contributed by atoms with E-state index in [0.29, 0.717) is 5.69 Å². The Kier molecular flexibility index (Phi) is 3.78. The van der Waals surface area contributed by atoms with Crippen LogP contribution in [0.2, 0.25) is 0 Å². The van der Waals surface area contributed by atoms with Crippen LogP contribution < -0.4 is 5.32 Å². The van der Waals surface area contributed by atoms with Crippen molar-refractivity contribution in [2.75, 3.05) is 18.1 Å². The van der Waals surface area contributed by atoms with Crippen molar-refractivity contribution in [3.05, 3.63) is 23.8 Å². The highest BCUT2D eigenvalue weighted by Crippen LogP contribution is 2.26. The smallest absolute Gasteiger partial charge is 0.141 e. The number of halogens is 2. The Morgan fingerprint density at radius 2 is 2.00 bits per heavy atom. The summed E-state index contributed by atoms with van der Waals surface area (Å²) in [6, 6.07) is 2.46. The van der Waals surface area contributed by atoms with Gasteiger partial charge in [-0.15, -0.1) is 18.2 Å². The molecule has 1 aromatic carbocycles. The second-order valence-corrected chi connectivity index (χ2v) is 3.35. The number of rotatable bonds is 3. The van der Waals surface area contributed by atoms with Gasteiger partial charge in [-0.2, -0.15) is 0 Å². The molecule has 0 aliphatic rings. The Balaban J connectivity index is 2.97. The highest BCUT2D eigenvalue weighted by Gasteiger charge is 2.09. The van der Waals surface area contributed by atoms with E-state index in [-0.39, 0.29) is 11.4 Å². The maximum atomic E-state index is 13.2. The van der Waals surface area contributed by atoms with Crippen molar-refractivity contribution in [3.8, 4) is 12.3 Å². The van der Waals surface area contributed by atoms with E-state index in [9.17, 15) is 8.78 Å². The summed E-state index contributed by atoms with van der Waals surface area (Å²) in [7, 11) is 0. The maximum Gasteiger partial charge on any atom is 0.141 e. The van der Waals surface area contributed by atoms with Crippen LogP contribution in [-0.2, 0) is 0 Å². The number of nitrogens with one attached hydrogen (secondary N) is 1. The molecular formula is C10H9F2NS. The lowest BCUT2D eigenvalue weighted by molar-refractivity contribution is 0.542. The van der Waals surface area contributed by atoms with Crippen LogP contribution in [0, 0.1) is 24.0 Å². The first-order chi connectivity index (χ1) is 6.69. The van der Waals surface area contributed by atoms with Crippen LogP contribution in [0.25, 0.3) is 0 Å². The molecular weight excluding hydrogens is 204 g/mol. The van der Waals surface area contributed by atoms with Gasteiger partial charge in [0.1, 0.15) is 11.6 Å². The Hall–Kier alpha value is -1.21. The molecule has 0 radical (unpaired) electrons. The van der Waals surface area contributed by atoms with E-state index < -0.39 is 11.6 Å². The lowest BCUT2D eigenvalue weighted by atomic mass is 10.3. The summed E-state index contributed by atoms with van der Waals surface area (Å²) >= 11 is 1.04. The molecule has 0 bridgehead atoms. The number of thioether (sulfide) groups is 1. The van der Waals surface area contributed by atoms with Gasteiger partial charge in [0.2, 0.25) is 0 Å². The van der Waals surface area contributed by atoms with Gasteiger partial charge in [0, 0.05) is 5.69 Å². The minimum absolute atomic E-state index is 0.0243. The van der Waals surface area contributed by atoms with Crippen molar-refractivity contribution in [2.45, 2.75) is 4.90 Å². The van der Waals surface area contributed by atoms with Gasteiger partial charge in [-0.05, 0) is 18.4 Å². The molecule has 1 aromatic rings. The minimum Gasteiger partial charge on any atom is -0.374 e. The average Bonchev–Trinajstić information content (AvgIpc) is 2.14. The Morgan fingerprint density at radius 3 is 2.43 bits per heavy atom. The van der Waals surface area contributed by atoms with Crippen molar-refractivity contribution in [1.82, 2.24) is 0 Å². The Labute approximate surface area is 85.9 Å². The second kappa shape index (κ2) is 4.87. The normalized spacial score (nSPS) is 9.57. The van der Waals surface area contributed by atoms with Gasteiger partial charge < -0.3 is 5.32 Å². The first-order valence-corrected chi connectivity index (χ1v) is 5.12. The minimum atomic E-state index is -0.572. The topological polar surface area (TPSA) is 12.0 Å². The zero-order valence-electron chi connectivity index (χ0n) is 7.60. The molecule has 14 heavy (non-hydrogen) atoms. The molecule has 0 aliphatic heterocycles. The van der Waals surface area contributed by atoms with E-state index in [0.717, 1.165) is 11.8 Å². The fraction of sp³-hybridized carbons (Fsp3) is 0.200. The standard InChI is InChI=1S/C10H9F2NS/c1-3-4-13-7-5-8(11)10(14-2)9(12)6-7/h1,5-6,13H,4H2,2H3. The fourth-order valence-electron chi connectivity index (χ4n) is 1.01. The summed E-state index contributed by atoms with van der Waals surface area (Å²) in [5, 5.41) is 2.70. The van der Waals surface area contributed by atoms with Crippen LogP contribution in [0.4, 0.5) is 14.5 Å². The highest BCUT2D eigenvalue weighted by atomic mass is 32.2. The van der Waals surface area contributed by atoms with Crippen molar-refractivity contribution in [3.63, 3.8) is 0 Å². The van der Waals surface area contributed by atoms with E-state index in [1.165, 1.54) is 12.1 Å². The van der Waals surface area contributed by atoms with Gasteiger partial charge >= 0.3 is 0 Å². The van der Waals surface area contributed by atoms with Crippen molar-refractivity contribution in [1.29, 1.82) is 0 Å². The molecule has 0 saturated carbocycles. The first kappa shape index (κ1) is 10.9. The van der Waals surface area contributed by atoms with Gasteiger partial charge in [0.05, 0.1) is 11.4 Å². The number of terminal acetylenes is 1. The van der Waals surface area contributed by atoms with Gasteiger partial charge in [-0.1, -0.05) is 5.92 Å². The maximum absolute atomic E-state index is 13.2. The number of hydrogen-bond acceptors (Lipinski definition) is 2. The molecule has 0 spiro atoms. The molecule has 0 atom stereocenters. The Morgan fingerprint density at radius 1 is 1.43 bits per heavy atom. The molecule has 74 valence electrons. The molecule has 0 heterocycles. The van der Waals surface area contributed by atoms with Gasteiger partial charge in [-0.25, -0.2) is 8.78 Å². The highest BCUT2D eigenvalue weighted by molar-refractivity contribution is 7.98. The summed E-state index contributed by atoms with van der Waals surface area (Å²) in [5.74, 6) is 1.18. The SMILES string of the molecule is C#CCNc1cc(F)c(SC)c(F)c1. The first-order valence-electron chi connectivity index (χ1n) is 3.89. The van der Waals surface area contributed by atoms with E-state index in [2.05, 4.69) is 11.2 Å². The molecule has 0 aliphatic carbocycles. The monoisotopic (exact) mass is 213 g/mol. The lowest BCUT2D eigenvalue weighted by Gasteiger charge is -2.06. The Bertz CT molecular complexity index is 348. The van der Waals surface area contributed by atoms with Crippen LogP contribution in [0.3, 0.4) is 0 Å². The quantitative estimate of drug-likeness (QED) is 0.612. The largest absolute Gasteiger partial charge is 0.374 e. The van der Waals surface area contributed by atoms with E-state index >= 15 is 0 Å². The van der Waals surface area contributed by atoms with Crippen molar-refractivity contribution in [2.24, 2.45) is 0 Å². The number of anilines is 1. The molecule has 0 amide bonds. The third-order valence-corrected chi connectivity index (χ3v) is 2.40. The third-order valence-electron chi connectivity index (χ3n) is 1.60. The van der Waals surface area contributed by atoms with Gasteiger partial charge in [-0.3, -0.25) is 0 Å². The predicted octanol–water partition coefficient (Wildman–Crippen LogP) is 2.73. The summed E-state index contributed by atoms with van der Waals surface area (Å²) in [6.45, 7) is 0.248. The van der Waals surface area contributed by atoms with Crippen molar-refractivity contribution < 1.29 is 8.78 Å². The predicted molar refractivity (Wildman–Crippen MR) is 55.5 cm³/mol. The summed E-state index contributed by atoms with van der Waals surface area (Å²) in [4.78, 5) is 0.0243. The molecule has 4 heteroatoms. The fourth-order valence-corrected chi connectivity index (χ4v) is 1.52. The molecule has 0 fully saturated rings. The molecule has 0 aromatic heterocycles. The molecule has 1 rings (SSSR count). The van der Waals surface area contributed by atoms with Gasteiger partial charge in [0.25, 0.3) is 0 Å². The zero-order valence-corrected chi connectivity index (χ0v) is 8.42. The number of benzene rings is 1. The number of hydrogen-bond donors (Lipinski definition) is 1. The van der Waals surface area contributed by atoms with Crippen LogP contribution in [0.1, 0.15) is 0 Å². The van der Waals surface area contributed by atoms with E-state index in [1.807, 2.05) is 0 Å². The zero-order chi connectivity index (χ0) is 10.6. The van der Waals surface area contributed by atoms with Crippen LogP contribution in [0.5, 0.6) is 0 Å². The summed E-state index contributed by atoms with van der Waals surface area (Å²) < 4.78 is 26.4. The molecule has 0 saturated heterocycles. The second-order valence-electron chi connectivity index (χ2n) is 2.53. The van der Waals surface area contributed by atoms with Gasteiger partial charge in [0.15, 0.2) is 0 Å². The lowest BCUT2D eigenvalue weighted by Crippen LogP contribution is -2.00. The molecule has 0 unspecified atom stereocenters. The average molecular weight is 213 g/mol. The third kappa shape index (κ3) is 2.39. The molecule has 1 nitrogen and oxygen atoms in total. The van der Waals surface area contributed by atoms with Crippen LogP contribution >= 0.6 is 11.8 Å².